The van der Waals surface area contributed by atoms with E-state index in [9.17, 15) is 4.79 Å². The summed E-state index contributed by atoms with van der Waals surface area (Å²) in [6.45, 7) is 2.91. The highest BCUT2D eigenvalue weighted by Crippen LogP contribution is 2.18. The first-order chi connectivity index (χ1) is 10.2. The number of hydrogen-bond acceptors (Lipinski definition) is 4. The molecule has 6 heteroatoms. The zero-order chi connectivity index (χ0) is 14.7. The van der Waals surface area contributed by atoms with Gasteiger partial charge in [0.2, 0.25) is 0 Å². The van der Waals surface area contributed by atoms with E-state index >= 15 is 0 Å². The number of aromatic nitrogens is 3. The highest BCUT2D eigenvalue weighted by molar-refractivity contribution is 5.97. The molecule has 2 N–H and O–H groups in total. The standard InChI is InChI=1S/C15H20N4O2/c1-10(4-6-12-3-2-8-21-12)16-15(20)11-5-7-13-14(9-11)18-19-17-13/h5,7,9-10,12H,2-4,6,8H2,1H3,(H,16,20)(H,17,18,19)/t10-,12-/m0/s1. The highest BCUT2D eigenvalue weighted by Gasteiger charge is 2.17. The summed E-state index contributed by atoms with van der Waals surface area (Å²) in [5.74, 6) is -0.0697. The average molecular weight is 288 g/mol. The summed E-state index contributed by atoms with van der Waals surface area (Å²) in [7, 11) is 0. The normalized spacial score (nSPS) is 19.8. The predicted molar refractivity (Wildman–Crippen MR) is 79.0 cm³/mol. The van der Waals surface area contributed by atoms with Gasteiger partial charge in [0, 0.05) is 18.2 Å². The molecule has 1 saturated heterocycles. The third-order valence-electron chi connectivity index (χ3n) is 3.90. The van der Waals surface area contributed by atoms with Crippen molar-refractivity contribution in [2.75, 3.05) is 6.61 Å². The van der Waals surface area contributed by atoms with Gasteiger partial charge in [-0.1, -0.05) is 0 Å². The first-order valence-electron chi connectivity index (χ1n) is 7.45. The molecule has 2 heterocycles. The molecule has 0 aliphatic carbocycles. The fourth-order valence-corrected chi connectivity index (χ4v) is 2.67. The second-order valence-corrected chi connectivity index (χ2v) is 5.61. The zero-order valence-corrected chi connectivity index (χ0v) is 12.1. The Morgan fingerprint density at radius 2 is 2.33 bits per heavy atom. The molecule has 2 atom stereocenters. The van der Waals surface area contributed by atoms with Crippen molar-refractivity contribution in [3.8, 4) is 0 Å². The Kier molecular flexibility index (Phi) is 4.15. The van der Waals surface area contributed by atoms with Crippen LogP contribution in [0.15, 0.2) is 18.2 Å². The number of carbonyl (C=O) groups excluding carboxylic acids is 1. The molecular weight excluding hydrogens is 268 g/mol. The maximum atomic E-state index is 12.2. The summed E-state index contributed by atoms with van der Waals surface area (Å²) in [4.78, 5) is 12.2. The van der Waals surface area contributed by atoms with E-state index < -0.39 is 0 Å². The van der Waals surface area contributed by atoms with Crippen LogP contribution >= 0.6 is 0 Å². The van der Waals surface area contributed by atoms with Gasteiger partial charge >= 0.3 is 0 Å². The summed E-state index contributed by atoms with van der Waals surface area (Å²) < 4.78 is 5.60. The average Bonchev–Trinajstić information content (AvgIpc) is 3.15. The minimum absolute atomic E-state index is 0.0697. The lowest BCUT2D eigenvalue weighted by molar-refractivity contribution is 0.0899. The second-order valence-electron chi connectivity index (χ2n) is 5.61. The first kappa shape index (κ1) is 14.0. The Labute approximate surface area is 123 Å². The zero-order valence-electron chi connectivity index (χ0n) is 12.1. The Hall–Kier alpha value is -1.95. The number of fused-ring (bicyclic) bond motifs is 1. The number of H-pyrrole nitrogens is 1. The van der Waals surface area contributed by atoms with Crippen molar-refractivity contribution in [1.29, 1.82) is 0 Å². The van der Waals surface area contributed by atoms with Gasteiger partial charge in [-0.2, -0.15) is 15.4 Å². The van der Waals surface area contributed by atoms with Crippen molar-refractivity contribution in [1.82, 2.24) is 20.7 Å². The van der Waals surface area contributed by atoms with Crippen molar-refractivity contribution < 1.29 is 9.53 Å². The van der Waals surface area contributed by atoms with Crippen LogP contribution in [0, 0.1) is 0 Å². The summed E-state index contributed by atoms with van der Waals surface area (Å²) >= 11 is 0. The number of rotatable bonds is 5. The van der Waals surface area contributed by atoms with Gasteiger partial charge in [0.05, 0.1) is 6.10 Å². The van der Waals surface area contributed by atoms with Crippen LogP contribution in [0.25, 0.3) is 11.0 Å². The van der Waals surface area contributed by atoms with E-state index in [1.165, 1.54) is 0 Å². The van der Waals surface area contributed by atoms with E-state index in [4.69, 9.17) is 4.74 Å². The third-order valence-corrected chi connectivity index (χ3v) is 3.90. The van der Waals surface area contributed by atoms with Gasteiger partial charge in [-0.15, -0.1) is 0 Å². The van der Waals surface area contributed by atoms with Crippen LogP contribution in [-0.4, -0.2) is 40.1 Å². The Balaban J connectivity index is 1.54. The van der Waals surface area contributed by atoms with Crippen LogP contribution in [0.4, 0.5) is 0 Å². The monoisotopic (exact) mass is 288 g/mol. The van der Waals surface area contributed by atoms with E-state index in [1.54, 1.807) is 18.2 Å². The number of ether oxygens (including phenoxy) is 1. The number of benzene rings is 1. The fraction of sp³-hybridized carbons (Fsp3) is 0.533. The molecule has 1 amide bonds. The van der Waals surface area contributed by atoms with Crippen molar-refractivity contribution in [3.05, 3.63) is 23.8 Å². The Morgan fingerprint density at radius 1 is 1.48 bits per heavy atom. The van der Waals surface area contributed by atoms with E-state index in [0.717, 1.165) is 37.8 Å². The highest BCUT2D eigenvalue weighted by atomic mass is 16.5. The van der Waals surface area contributed by atoms with E-state index in [-0.39, 0.29) is 11.9 Å². The fourth-order valence-electron chi connectivity index (χ4n) is 2.67. The van der Waals surface area contributed by atoms with Crippen LogP contribution in [0.1, 0.15) is 43.0 Å². The van der Waals surface area contributed by atoms with Crippen LogP contribution in [0.3, 0.4) is 0 Å². The number of nitrogens with zero attached hydrogens (tertiary/aromatic N) is 2. The minimum atomic E-state index is -0.0697. The van der Waals surface area contributed by atoms with Crippen molar-refractivity contribution in [3.63, 3.8) is 0 Å². The molecule has 0 unspecified atom stereocenters. The quantitative estimate of drug-likeness (QED) is 0.882. The second kappa shape index (κ2) is 6.22. The van der Waals surface area contributed by atoms with Crippen molar-refractivity contribution >= 4 is 16.9 Å². The van der Waals surface area contributed by atoms with Crippen molar-refractivity contribution in [2.45, 2.75) is 44.8 Å². The minimum Gasteiger partial charge on any atom is -0.378 e. The number of aromatic amines is 1. The van der Waals surface area contributed by atoms with Gasteiger partial charge in [0.1, 0.15) is 11.0 Å². The van der Waals surface area contributed by atoms with Gasteiger partial charge in [-0.3, -0.25) is 4.79 Å². The molecule has 0 radical (unpaired) electrons. The maximum absolute atomic E-state index is 12.2. The molecule has 1 aliphatic heterocycles. The largest absolute Gasteiger partial charge is 0.378 e. The molecule has 6 nitrogen and oxygen atoms in total. The molecule has 2 aromatic rings. The lowest BCUT2D eigenvalue weighted by Gasteiger charge is -2.16. The summed E-state index contributed by atoms with van der Waals surface area (Å²) in [6, 6.07) is 5.45. The van der Waals surface area contributed by atoms with Gasteiger partial charge in [0.15, 0.2) is 0 Å². The van der Waals surface area contributed by atoms with Crippen LogP contribution < -0.4 is 5.32 Å². The lowest BCUT2D eigenvalue weighted by atomic mass is 10.1. The van der Waals surface area contributed by atoms with Gasteiger partial charge in [0.25, 0.3) is 5.91 Å². The van der Waals surface area contributed by atoms with Gasteiger partial charge in [-0.25, -0.2) is 0 Å². The predicted octanol–water partition coefficient (Wildman–Crippen LogP) is 2.04. The van der Waals surface area contributed by atoms with Crippen LogP contribution in [-0.2, 0) is 4.74 Å². The number of nitrogens with one attached hydrogen (secondary N) is 2. The smallest absolute Gasteiger partial charge is 0.251 e. The number of hydrogen-bond donors (Lipinski definition) is 2. The number of amides is 1. The lowest BCUT2D eigenvalue weighted by Crippen LogP contribution is -2.33. The third kappa shape index (κ3) is 3.39. The van der Waals surface area contributed by atoms with Crippen LogP contribution in [0.5, 0.6) is 0 Å². The van der Waals surface area contributed by atoms with E-state index in [0.29, 0.717) is 17.2 Å². The molecule has 0 spiro atoms. The molecule has 21 heavy (non-hydrogen) atoms. The van der Waals surface area contributed by atoms with Gasteiger partial charge < -0.3 is 10.1 Å². The molecule has 1 aromatic heterocycles. The summed E-state index contributed by atoms with van der Waals surface area (Å²) in [5.41, 5.74) is 2.08. The molecule has 112 valence electrons. The first-order valence-corrected chi connectivity index (χ1v) is 7.45. The Bertz CT molecular complexity index is 619. The molecule has 1 fully saturated rings. The molecule has 0 bridgehead atoms. The topological polar surface area (TPSA) is 79.9 Å². The summed E-state index contributed by atoms with van der Waals surface area (Å²) in [5, 5.41) is 13.5. The van der Waals surface area contributed by atoms with E-state index in [2.05, 4.69) is 20.7 Å². The maximum Gasteiger partial charge on any atom is 0.251 e. The molecule has 3 rings (SSSR count). The SMILES string of the molecule is C[C@@H](CC[C@@H]1CCCO1)NC(=O)c1ccc2n[nH]nc2c1. The molecule has 0 saturated carbocycles. The van der Waals surface area contributed by atoms with Crippen molar-refractivity contribution in [2.24, 2.45) is 0 Å². The molecule has 1 aromatic carbocycles. The summed E-state index contributed by atoms with van der Waals surface area (Å²) in [6.07, 6.45) is 4.61. The van der Waals surface area contributed by atoms with Crippen LogP contribution in [0.2, 0.25) is 0 Å². The van der Waals surface area contributed by atoms with Gasteiger partial charge in [-0.05, 0) is 50.8 Å². The molecular formula is C15H20N4O2. The van der Waals surface area contributed by atoms with E-state index in [1.807, 2.05) is 6.92 Å². The molecule has 1 aliphatic rings. The Morgan fingerprint density at radius 3 is 3.14 bits per heavy atom. The number of carbonyl (C=O) groups is 1.